The minimum absolute atomic E-state index is 0.0260. The molecular weight excluding hydrogens is 700 g/mol. The first-order valence-electron chi connectivity index (χ1n) is 18.0. The van der Waals surface area contributed by atoms with E-state index in [4.69, 9.17) is 24.9 Å². The van der Waals surface area contributed by atoms with E-state index in [1.54, 1.807) is 18.2 Å². The van der Waals surface area contributed by atoms with Gasteiger partial charge in [0.1, 0.15) is 23.2 Å². The van der Waals surface area contributed by atoms with Crippen LogP contribution in [0.15, 0.2) is 88.5 Å². The Morgan fingerprint density at radius 3 is 1.78 bits per heavy atom. The highest BCUT2D eigenvalue weighted by molar-refractivity contribution is 5.79. The molecule has 13 heteroatoms. The maximum absolute atomic E-state index is 11.7. The van der Waals surface area contributed by atoms with Gasteiger partial charge in [0.05, 0.1) is 24.8 Å². The molecule has 0 aliphatic rings. The van der Waals surface area contributed by atoms with Crippen LogP contribution >= 0.6 is 0 Å². The van der Waals surface area contributed by atoms with Crippen LogP contribution < -0.4 is 16.4 Å². The molecule has 4 rings (SSSR count). The minimum atomic E-state index is -0.519. The van der Waals surface area contributed by atoms with Crippen LogP contribution in [0.5, 0.6) is 0 Å². The molecule has 0 bridgehead atoms. The highest BCUT2D eigenvalue weighted by Gasteiger charge is 2.19. The first-order chi connectivity index (χ1) is 25.7. The van der Waals surface area contributed by atoms with Crippen molar-refractivity contribution in [3.63, 3.8) is 0 Å². The normalized spacial score (nSPS) is 13.0. The van der Waals surface area contributed by atoms with E-state index >= 15 is 0 Å². The van der Waals surface area contributed by atoms with Crippen molar-refractivity contribution in [3.05, 3.63) is 112 Å². The number of nitrogens with zero attached hydrogens (tertiary/aromatic N) is 3. The third-order valence-corrected chi connectivity index (χ3v) is 7.37. The van der Waals surface area contributed by atoms with Gasteiger partial charge in [-0.3, -0.25) is 4.79 Å². The lowest BCUT2D eigenvalue weighted by Gasteiger charge is -2.22. The van der Waals surface area contributed by atoms with Gasteiger partial charge in [-0.2, -0.15) is 0 Å². The van der Waals surface area contributed by atoms with Crippen LogP contribution in [0.1, 0.15) is 119 Å². The second-order valence-electron chi connectivity index (χ2n) is 15.3. The summed E-state index contributed by atoms with van der Waals surface area (Å²) in [6, 6.07) is 24.2. The van der Waals surface area contributed by atoms with Crippen molar-refractivity contribution in [1.29, 1.82) is 0 Å². The van der Waals surface area contributed by atoms with Crippen molar-refractivity contribution >= 4 is 24.7 Å². The van der Waals surface area contributed by atoms with Gasteiger partial charge in [0.25, 0.3) is 0 Å². The number of benzene rings is 3. The van der Waals surface area contributed by atoms with Gasteiger partial charge in [0.2, 0.25) is 0 Å². The number of alkyl carbamates (subject to hydrolysis) is 2. The standard InChI is InChI=1S/C14H19N3O.C14H20N2O3.C14H19NO3/c1-10(15)11-5-4-6-12(7-11)14-8-13(18-16-14)9-17(2)3;1-10(16-13(17)19-14(2,3)4)12-7-5-6-11(8-12)9-15-18;1-10(15-13(17)18-14(2,3)4)12-7-5-6-11(8-12)9-16/h4-8,10H,9,15H2,1-3H3;5-10,18H,1-4H3,(H,16,17);5-10H,1-4H3,(H,15,17)/b;15-9+;/t3*10-/m000/s1. The summed E-state index contributed by atoms with van der Waals surface area (Å²) in [6.45, 7) is 17.3. The van der Waals surface area contributed by atoms with E-state index in [1.165, 1.54) is 6.21 Å². The molecule has 55 heavy (non-hydrogen) atoms. The Morgan fingerprint density at radius 2 is 1.31 bits per heavy atom. The second-order valence-corrected chi connectivity index (χ2v) is 15.3. The van der Waals surface area contributed by atoms with Crippen LogP contribution in [0, 0.1) is 0 Å². The molecule has 0 aliphatic heterocycles. The molecule has 4 aromatic rings. The molecule has 5 N–H and O–H groups in total. The number of hydrogen-bond donors (Lipinski definition) is 4. The number of rotatable bonds is 10. The first kappa shape index (κ1) is 45.6. The predicted octanol–water partition coefficient (Wildman–Crippen LogP) is 8.59. The Kier molecular flexibility index (Phi) is 17.7. The third-order valence-electron chi connectivity index (χ3n) is 7.37. The fourth-order valence-corrected chi connectivity index (χ4v) is 4.83. The van der Waals surface area contributed by atoms with E-state index in [0.29, 0.717) is 5.56 Å². The molecule has 0 unspecified atom stereocenters. The number of aldehydes is 1. The maximum atomic E-state index is 11.7. The van der Waals surface area contributed by atoms with Crippen molar-refractivity contribution in [1.82, 2.24) is 20.7 Å². The summed E-state index contributed by atoms with van der Waals surface area (Å²) >= 11 is 0. The van der Waals surface area contributed by atoms with Crippen molar-refractivity contribution in [3.8, 4) is 11.3 Å². The number of amides is 2. The van der Waals surface area contributed by atoms with Gasteiger partial charge in [0, 0.05) is 23.2 Å². The Labute approximate surface area is 325 Å². The molecule has 0 spiro atoms. The molecule has 3 aromatic carbocycles. The average Bonchev–Trinajstić information content (AvgIpc) is 3.55. The first-order valence-corrected chi connectivity index (χ1v) is 18.0. The largest absolute Gasteiger partial charge is 0.444 e. The van der Waals surface area contributed by atoms with E-state index < -0.39 is 23.4 Å². The highest BCUT2D eigenvalue weighted by Crippen LogP contribution is 2.23. The Balaban J connectivity index is 0.000000285. The Morgan fingerprint density at radius 1 is 0.818 bits per heavy atom. The molecule has 0 saturated heterocycles. The maximum Gasteiger partial charge on any atom is 0.408 e. The average molecular weight is 759 g/mol. The lowest BCUT2D eigenvalue weighted by atomic mass is 10.0. The summed E-state index contributed by atoms with van der Waals surface area (Å²) in [6.07, 6.45) is 1.20. The number of carbonyl (C=O) groups is 3. The van der Waals surface area contributed by atoms with Crippen molar-refractivity contribution in [2.45, 2.75) is 98.2 Å². The molecule has 0 radical (unpaired) electrons. The lowest BCUT2D eigenvalue weighted by Crippen LogP contribution is -2.34. The number of aromatic nitrogens is 1. The zero-order valence-electron chi connectivity index (χ0n) is 33.9. The van der Waals surface area contributed by atoms with Crippen molar-refractivity contribution < 1.29 is 33.6 Å². The van der Waals surface area contributed by atoms with Gasteiger partial charge in [-0.15, -0.1) is 0 Å². The van der Waals surface area contributed by atoms with Crippen LogP contribution in [-0.2, 0) is 16.0 Å². The summed E-state index contributed by atoms with van der Waals surface area (Å²) < 4.78 is 15.7. The van der Waals surface area contributed by atoms with Crippen molar-refractivity contribution in [2.75, 3.05) is 14.1 Å². The van der Waals surface area contributed by atoms with Crippen LogP contribution in [0.4, 0.5) is 9.59 Å². The summed E-state index contributed by atoms with van der Waals surface area (Å²) in [5.74, 6) is 0.862. The van der Waals surface area contributed by atoms with Gasteiger partial charge >= 0.3 is 12.2 Å². The van der Waals surface area contributed by atoms with Crippen LogP contribution in [0.3, 0.4) is 0 Å². The number of nitrogens with one attached hydrogen (secondary N) is 2. The quantitative estimate of drug-likeness (QED) is 0.0529. The third kappa shape index (κ3) is 17.9. The monoisotopic (exact) mass is 758 g/mol. The van der Waals surface area contributed by atoms with Gasteiger partial charge in [-0.25, -0.2) is 9.59 Å². The number of oxime groups is 1. The van der Waals surface area contributed by atoms with Crippen LogP contribution in [0.25, 0.3) is 11.3 Å². The van der Waals surface area contributed by atoms with Crippen LogP contribution in [-0.4, -0.2) is 65.2 Å². The smallest absolute Gasteiger partial charge is 0.408 e. The SMILES string of the molecule is C[C@H](N)c1cccc(-c2cc(CN(C)C)on2)c1.C[C@H](NC(=O)OC(C)(C)C)c1cccc(/C=N/O)c1.C[C@H](NC(=O)OC(C)(C)C)c1cccc(C=O)c1. The number of ether oxygens (including phenoxy) is 2. The Bertz CT molecular complexity index is 1840. The minimum Gasteiger partial charge on any atom is -0.444 e. The van der Waals surface area contributed by atoms with E-state index in [0.717, 1.165) is 52.1 Å². The fraction of sp³-hybridized carbons (Fsp3) is 0.405. The zero-order chi connectivity index (χ0) is 41.3. The molecule has 0 saturated carbocycles. The summed E-state index contributed by atoms with van der Waals surface area (Å²) in [5.41, 5.74) is 11.0. The predicted molar refractivity (Wildman–Crippen MR) is 215 cm³/mol. The number of hydrogen-bond acceptors (Lipinski definition) is 11. The molecule has 2 amide bonds. The summed E-state index contributed by atoms with van der Waals surface area (Å²) in [5, 5.41) is 21.1. The molecule has 1 aromatic heterocycles. The summed E-state index contributed by atoms with van der Waals surface area (Å²) in [7, 11) is 4.00. The van der Waals surface area contributed by atoms with Gasteiger partial charge < -0.3 is 40.5 Å². The Hall–Kier alpha value is -5.53. The molecular formula is C42H58N6O7. The zero-order valence-corrected chi connectivity index (χ0v) is 33.9. The van der Waals surface area contributed by atoms with E-state index in [1.807, 2.05) is 136 Å². The molecule has 13 nitrogen and oxygen atoms in total. The van der Waals surface area contributed by atoms with Gasteiger partial charge in [-0.05, 0) is 117 Å². The molecule has 0 fully saturated rings. The molecule has 1 heterocycles. The lowest BCUT2D eigenvalue weighted by molar-refractivity contribution is 0.0496. The topological polar surface area (TPSA) is 182 Å². The fourth-order valence-electron chi connectivity index (χ4n) is 4.83. The van der Waals surface area contributed by atoms with E-state index in [9.17, 15) is 14.4 Å². The second kappa shape index (κ2) is 21.4. The highest BCUT2D eigenvalue weighted by atomic mass is 16.6. The number of carbonyl (C=O) groups excluding carboxylic acids is 3. The van der Waals surface area contributed by atoms with Gasteiger partial charge in [-0.1, -0.05) is 64.9 Å². The van der Waals surface area contributed by atoms with Crippen LogP contribution in [0.2, 0.25) is 0 Å². The molecule has 0 aliphatic carbocycles. The van der Waals surface area contributed by atoms with Crippen molar-refractivity contribution in [2.24, 2.45) is 10.9 Å². The molecule has 298 valence electrons. The van der Waals surface area contributed by atoms with Gasteiger partial charge in [0.15, 0.2) is 5.76 Å². The molecule has 3 atom stereocenters. The van der Waals surface area contributed by atoms with E-state index in [-0.39, 0.29) is 18.1 Å². The summed E-state index contributed by atoms with van der Waals surface area (Å²) in [4.78, 5) is 36.0. The van der Waals surface area contributed by atoms with E-state index in [2.05, 4.69) is 27.0 Å². The number of nitrogens with two attached hydrogens (primary N) is 1.